The van der Waals surface area contributed by atoms with E-state index in [4.69, 9.17) is 14.5 Å². The van der Waals surface area contributed by atoms with E-state index in [0.29, 0.717) is 17.4 Å². The molecule has 1 aromatic rings. The molecule has 0 aliphatic carbocycles. The van der Waals surface area contributed by atoms with Crippen LogP contribution >= 0.6 is 0 Å². The molecule has 0 radical (unpaired) electrons. The Bertz CT molecular complexity index is 734. The maximum absolute atomic E-state index is 13.9. The maximum Gasteiger partial charge on any atom is 0.211 e. The summed E-state index contributed by atoms with van der Waals surface area (Å²) in [4.78, 5) is 9.39. The maximum atomic E-state index is 13.9. The summed E-state index contributed by atoms with van der Waals surface area (Å²) in [6, 6.07) is 4.65. The molecule has 0 bridgehead atoms. The normalized spacial score (nSPS) is 22.4. The minimum atomic E-state index is -1.42. The molecule has 6 nitrogen and oxygen atoms in total. The zero-order valence-electron chi connectivity index (χ0n) is 17.5. The van der Waals surface area contributed by atoms with Gasteiger partial charge in [0.2, 0.25) is 11.8 Å². The molecule has 1 heterocycles. The molecular formula is C20H30FN3O3S. The zero-order chi connectivity index (χ0) is 21.1. The number of hydrogen-bond acceptors (Lipinski definition) is 6. The summed E-state index contributed by atoms with van der Waals surface area (Å²) in [5, 5.41) is 0. The monoisotopic (exact) mass is 411 g/mol. The van der Waals surface area contributed by atoms with Gasteiger partial charge in [-0.15, -0.1) is 4.72 Å². The molecule has 1 aliphatic rings. The van der Waals surface area contributed by atoms with Gasteiger partial charge in [-0.1, -0.05) is 26.0 Å². The van der Waals surface area contributed by atoms with Crippen molar-refractivity contribution >= 4 is 23.2 Å². The molecular weight excluding hydrogens is 381 g/mol. The Kier molecular flexibility index (Phi) is 7.47. The topological polar surface area (TPSA) is 78.3 Å². The lowest BCUT2D eigenvalue weighted by Crippen LogP contribution is -2.48. The molecule has 0 amide bonds. The Balaban J connectivity index is 2.51. The van der Waals surface area contributed by atoms with Gasteiger partial charge in [0.25, 0.3) is 0 Å². The summed E-state index contributed by atoms with van der Waals surface area (Å²) in [5.41, 5.74) is 0.606. The molecule has 0 saturated heterocycles. The van der Waals surface area contributed by atoms with E-state index in [1.54, 1.807) is 19.2 Å². The zero-order valence-corrected chi connectivity index (χ0v) is 18.3. The van der Waals surface area contributed by atoms with Crippen LogP contribution < -0.4 is 4.72 Å². The van der Waals surface area contributed by atoms with Gasteiger partial charge in [-0.25, -0.2) is 14.4 Å². The highest BCUT2D eigenvalue weighted by Crippen LogP contribution is 2.29. The van der Waals surface area contributed by atoms with Gasteiger partial charge in [0.05, 0.1) is 14.2 Å². The van der Waals surface area contributed by atoms with Crippen molar-refractivity contribution in [3.63, 3.8) is 0 Å². The van der Waals surface area contributed by atoms with Crippen molar-refractivity contribution in [3.8, 4) is 0 Å². The lowest BCUT2D eigenvalue weighted by molar-refractivity contribution is 0.323. The Morgan fingerprint density at radius 1 is 1.11 bits per heavy atom. The number of ether oxygens (including phenoxy) is 2. The summed E-state index contributed by atoms with van der Waals surface area (Å²) >= 11 is -1.42. The predicted molar refractivity (Wildman–Crippen MR) is 111 cm³/mol. The highest BCUT2D eigenvalue weighted by molar-refractivity contribution is 7.90. The number of nitrogens with one attached hydrogen (secondary N) is 1. The van der Waals surface area contributed by atoms with Gasteiger partial charge in [-0.3, -0.25) is 0 Å². The largest absolute Gasteiger partial charge is 0.598 e. The molecule has 8 heteroatoms. The average Bonchev–Trinajstić information content (AvgIpc) is 2.63. The second-order valence-corrected chi connectivity index (χ2v) is 10.0. The number of hydrogen-bond donors (Lipinski definition) is 1. The molecule has 1 unspecified atom stereocenters. The first kappa shape index (κ1) is 22.6. The van der Waals surface area contributed by atoms with Crippen LogP contribution in [0.4, 0.5) is 4.39 Å². The van der Waals surface area contributed by atoms with Crippen LogP contribution in [0.15, 0.2) is 34.3 Å². The van der Waals surface area contributed by atoms with Crippen molar-refractivity contribution in [1.82, 2.24) is 4.72 Å². The van der Waals surface area contributed by atoms with Crippen molar-refractivity contribution in [2.24, 2.45) is 15.9 Å². The predicted octanol–water partition coefficient (Wildman–Crippen LogP) is 3.42. The van der Waals surface area contributed by atoms with E-state index in [1.165, 1.54) is 19.2 Å². The molecule has 0 saturated carbocycles. The Labute approximate surface area is 169 Å². The molecule has 1 N–H and O–H groups in total. The van der Waals surface area contributed by atoms with Crippen LogP contribution in [0.3, 0.4) is 0 Å². The second kappa shape index (κ2) is 9.24. The molecule has 0 spiro atoms. The van der Waals surface area contributed by atoms with Gasteiger partial charge in [0, 0.05) is 11.4 Å². The third-order valence-electron chi connectivity index (χ3n) is 4.40. The van der Waals surface area contributed by atoms with Crippen LogP contribution in [0.25, 0.3) is 0 Å². The van der Waals surface area contributed by atoms with E-state index < -0.39 is 28.2 Å². The van der Waals surface area contributed by atoms with Crippen molar-refractivity contribution in [2.75, 3.05) is 14.2 Å². The first-order valence-corrected chi connectivity index (χ1v) is 10.4. The number of methoxy groups -OCH3 is 2. The standard InChI is InChI=1S/C20H30FN3O3S/c1-12(2)15-18(26-6)23-17(19(22-15)27-7)16(24-28(25)20(3,4)5)13-9-8-10-14(21)11-13/h8-12,15-17,24H,1-7H3/t15-,16-,17+,28?/m1/s1. The molecule has 2 rings (SSSR count). The Morgan fingerprint density at radius 3 is 2.18 bits per heavy atom. The van der Waals surface area contributed by atoms with Crippen molar-refractivity contribution in [2.45, 2.75) is 57.5 Å². The number of rotatable bonds is 5. The first-order valence-electron chi connectivity index (χ1n) is 9.25. The fraction of sp³-hybridized carbons (Fsp3) is 0.600. The van der Waals surface area contributed by atoms with Gasteiger partial charge < -0.3 is 14.0 Å². The van der Waals surface area contributed by atoms with Gasteiger partial charge >= 0.3 is 0 Å². The molecule has 156 valence electrons. The highest BCUT2D eigenvalue weighted by atomic mass is 32.2. The van der Waals surface area contributed by atoms with E-state index in [1.807, 2.05) is 34.6 Å². The summed E-state index contributed by atoms with van der Waals surface area (Å²) in [7, 11) is 3.08. The van der Waals surface area contributed by atoms with E-state index >= 15 is 0 Å². The summed E-state index contributed by atoms with van der Waals surface area (Å²) in [6.07, 6.45) is 0. The molecule has 1 aromatic carbocycles. The number of halogens is 1. The van der Waals surface area contributed by atoms with E-state index in [9.17, 15) is 8.94 Å². The third-order valence-corrected chi connectivity index (χ3v) is 5.98. The number of aliphatic imine (C=N–C) groups is 2. The van der Waals surface area contributed by atoms with E-state index in [-0.39, 0.29) is 17.8 Å². The first-order chi connectivity index (χ1) is 13.1. The smallest absolute Gasteiger partial charge is 0.211 e. The SMILES string of the molecule is COC1=N[C@H](C(C)C)C(OC)=N[C@H]1[C@H](N[S+]([O-])C(C)(C)C)c1cccc(F)c1. The minimum Gasteiger partial charge on any atom is -0.598 e. The van der Waals surface area contributed by atoms with Crippen molar-refractivity contribution < 1.29 is 18.4 Å². The number of benzene rings is 1. The van der Waals surface area contributed by atoms with E-state index in [2.05, 4.69) is 9.71 Å². The summed E-state index contributed by atoms with van der Waals surface area (Å²) in [5.74, 6) is 0.653. The average molecular weight is 412 g/mol. The van der Waals surface area contributed by atoms with Gasteiger partial charge in [-0.2, -0.15) is 0 Å². The molecule has 1 aliphatic heterocycles. The second-order valence-electron chi connectivity index (χ2n) is 8.01. The van der Waals surface area contributed by atoms with Gasteiger partial charge in [0.15, 0.2) is 6.04 Å². The fourth-order valence-electron chi connectivity index (χ4n) is 2.84. The Morgan fingerprint density at radius 2 is 1.68 bits per heavy atom. The fourth-order valence-corrected chi connectivity index (χ4v) is 3.69. The molecule has 4 atom stereocenters. The van der Waals surface area contributed by atoms with Gasteiger partial charge in [0.1, 0.15) is 22.6 Å². The van der Waals surface area contributed by atoms with Crippen LogP contribution in [0.2, 0.25) is 0 Å². The summed E-state index contributed by atoms with van der Waals surface area (Å²) in [6.45, 7) is 9.64. The highest BCUT2D eigenvalue weighted by Gasteiger charge is 2.40. The van der Waals surface area contributed by atoms with Crippen LogP contribution in [0.5, 0.6) is 0 Å². The van der Waals surface area contributed by atoms with Gasteiger partial charge in [-0.05, 0) is 44.4 Å². The molecule has 0 fully saturated rings. The molecule has 0 aromatic heterocycles. The molecule has 28 heavy (non-hydrogen) atoms. The lowest BCUT2D eigenvalue weighted by atomic mass is 9.97. The van der Waals surface area contributed by atoms with E-state index in [0.717, 1.165) is 0 Å². The minimum absolute atomic E-state index is 0.161. The Hall–Kier alpha value is -1.64. The lowest BCUT2D eigenvalue weighted by Gasteiger charge is -2.34. The van der Waals surface area contributed by atoms with Crippen LogP contribution in [-0.2, 0) is 20.8 Å². The van der Waals surface area contributed by atoms with Crippen LogP contribution in [0.1, 0.15) is 46.2 Å². The van der Waals surface area contributed by atoms with Crippen molar-refractivity contribution in [1.29, 1.82) is 0 Å². The van der Waals surface area contributed by atoms with Crippen LogP contribution in [0, 0.1) is 11.7 Å². The quantitative estimate of drug-likeness (QED) is 0.753. The van der Waals surface area contributed by atoms with Crippen LogP contribution in [-0.4, -0.2) is 47.4 Å². The third kappa shape index (κ3) is 5.24. The number of nitrogens with zero attached hydrogens (tertiary/aromatic N) is 2. The summed E-state index contributed by atoms with van der Waals surface area (Å²) < 4.78 is 40.4. The van der Waals surface area contributed by atoms with Crippen molar-refractivity contribution in [3.05, 3.63) is 35.6 Å².